The molecule has 0 saturated carbocycles. The molecule has 0 fully saturated rings. The molecule has 0 radical (unpaired) electrons. The van der Waals surface area contributed by atoms with Gasteiger partial charge in [-0.05, 0) is 18.2 Å². The fraction of sp³-hybridized carbons (Fsp3) is 0.333. The normalized spacial score (nSPS) is 10.1. The van der Waals surface area contributed by atoms with Crippen LogP contribution >= 0.6 is 0 Å². The number of aromatic amines is 1. The van der Waals surface area contributed by atoms with E-state index in [9.17, 15) is 4.79 Å². The van der Waals surface area contributed by atoms with Crippen LogP contribution in [0.1, 0.15) is 16.2 Å². The van der Waals surface area contributed by atoms with Crippen molar-refractivity contribution in [1.82, 2.24) is 25.9 Å². The summed E-state index contributed by atoms with van der Waals surface area (Å²) in [5, 5.41) is 16.2. The van der Waals surface area contributed by atoms with E-state index >= 15 is 0 Å². The predicted octanol–water partition coefficient (Wildman–Crippen LogP) is 0.189. The van der Waals surface area contributed by atoms with Crippen LogP contribution in [0.5, 0.6) is 11.5 Å². The molecule has 0 aliphatic carbocycles. The summed E-state index contributed by atoms with van der Waals surface area (Å²) in [6.07, 6.45) is 0.509. The molecule has 0 unspecified atom stereocenters. The Kier molecular flexibility index (Phi) is 4.48. The van der Waals surface area contributed by atoms with E-state index in [0.29, 0.717) is 35.9 Å². The smallest absolute Gasteiger partial charge is 0.251 e. The highest BCUT2D eigenvalue weighted by atomic mass is 16.5. The third-order valence-corrected chi connectivity index (χ3v) is 2.67. The number of aromatic nitrogens is 4. The molecule has 1 aromatic carbocycles. The van der Waals surface area contributed by atoms with E-state index in [2.05, 4.69) is 25.9 Å². The summed E-state index contributed by atoms with van der Waals surface area (Å²) in [5.74, 6) is 1.45. The highest BCUT2D eigenvalue weighted by Gasteiger charge is 2.10. The van der Waals surface area contributed by atoms with Crippen LogP contribution in [0.4, 0.5) is 0 Å². The second-order valence-electron chi connectivity index (χ2n) is 3.90. The summed E-state index contributed by atoms with van der Waals surface area (Å²) in [5.41, 5.74) is 0.496. The third-order valence-electron chi connectivity index (χ3n) is 2.67. The Hall–Kier alpha value is -2.64. The number of methoxy groups -OCH3 is 2. The molecule has 8 nitrogen and oxygen atoms in total. The first kappa shape index (κ1) is 13.8. The zero-order valence-corrected chi connectivity index (χ0v) is 11.2. The molecule has 0 aliphatic rings. The van der Waals surface area contributed by atoms with Gasteiger partial charge in [0.15, 0.2) is 17.3 Å². The molecule has 0 spiro atoms. The Morgan fingerprint density at radius 3 is 2.75 bits per heavy atom. The molecule has 1 heterocycles. The number of hydrogen-bond acceptors (Lipinski definition) is 6. The molecule has 0 bridgehead atoms. The summed E-state index contributed by atoms with van der Waals surface area (Å²) in [6.45, 7) is 0.423. The molecule has 1 amide bonds. The number of benzene rings is 1. The maximum absolute atomic E-state index is 12.0. The van der Waals surface area contributed by atoms with Crippen molar-refractivity contribution in [3.05, 3.63) is 29.6 Å². The fourth-order valence-corrected chi connectivity index (χ4v) is 1.66. The number of carbonyl (C=O) groups is 1. The number of nitrogens with zero attached hydrogens (tertiary/aromatic N) is 3. The summed E-state index contributed by atoms with van der Waals surface area (Å²) in [6, 6.07) is 4.99. The van der Waals surface area contributed by atoms with Gasteiger partial charge in [0.25, 0.3) is 5.91 Å². The molecular weight excluding hydrogens is 262 g/mol. The Morgan fingerprint density at radius 1 is 1.30 bits per heavy atom. The van der Waals surface area contributed by atoms with Gasteiger partial charge >= 0.3 is 0 Å². The largest absolute Gasteiger partial charge is 0.493 e. The Balaban J connectivity index is 1.95. The molecule has 0 atom stereocenters. The van der Waals surface area contributed by atoms with Crippen LogP contribution in [0.15, 0.2) is 18.2 Å². The van der Waals surface area contributed by atoms with Gasteiger partial charge < -0.3 is 14.8 Å². The van der Waals surface area contributed by atoms with E-state index in [1.807, 2.05) is 0 Å². The van der Waals surface area contributed by atoms with E-state index in [1.165, 1.54) is 7.11 Å². The lowest BCUT2D eigenvalue weighted by atomic mass is 10.2. The molecule has 0 aliphatic heterocycles. The van der Waals surface area contributed by atoms with Gasteiger partial charge in [0.1, 0.15) is 0 Å². The monoisotopic (exact) mass is 277 g/mol. The molecule has 8 heteroatoms. The molecule has 20 heavy (non-hydrogen) atoms. The second-order valence-corrected chi connectivity index (χ2v) is 3.90. The number of nitrogens with one attached hydrogen (secondary N) is 2. The number of carbonyl (C=O) groups excluding carboxylic acids is 1. The number of tetrazole rings is 1. The van der Waals surface area contributed by atoms with Crippen LogP contribution in [-0.2, 0) is 6.42 Å². The van der Waals surface area contributed by atoms with Crippen LogP contribution < -0.4 is 14.8 Å². The fourth-order valence-electron chi connectivity index (χ4n) is 1.66. The number of ether oxygens (including phenoxy) is 2. The average molecular weight is 277 g/mol. The van der Waals surface area contributed by atoms with Crippen molar-refractivity contribution in [1.29, 1.82) is 0 Å². The minimum Gasteiger partial charge on any atom is -0.493 e. The maximum atomic E-state index is 12.0. The average Bonchev–Trinajstić information content (AvgIpc) is 2.99. The first-order valence-electron chi connectivity index (χ1n) is 5.97. The van der Waals surface area contributed by atoms with E-state index in [0.717, 1.165) is 0 Å². The quantitative estimate of drug-likeness (QED) is 0.781. The summed E-state index contributed by atoms with van der Waals surface area (Å²) < 4.78 is 10.3. The lowest BCUT2D eigenvalue weighted by Crippen LogP contribution is -2.26. The van der Waals surface area contributed by atoms with Gasteiger partial charge in [-0.25, -0.2) is 0 Å². The van der Waals surface area contributed by atoms with E-state index in [4.69, 9.17) is 9.47 Å². The van der Waals surface area contributed by atoms with Gasteiger partial charge in [0.05, 0.1) is 14.2 Å². The molecular formula is C12H15N5O3. The zero-order valence-electron chi connectivity index (χ0n) is 11.2. The summed E-state index contributed by atoms with van der Waals surface area (Å²) in [4.78, 5) is 12.0. The number of H-pyrrole nitrogens is 1. The van der Waals surface area contributed by atoms with Crippen LogP contribution in [0.3, 0.4) is 0 Å². The standard InChI is InChI=1S/C12H15N5O3/c1-19-9-4-3-8(7-10(9)20-2)12(18)13-6-5-11-14-16-17-15-11/h3-4,7H,5-6H2,1-2H3,(H,13,18)(H,14,15,16,17). The van der Waals surface area contributed by atoms with Crippen LogP contribution in [0, 0.1) is 0 Å². The second kappa shape index (κ2) is 6.50. The minimum atomic E-state index is -0.200. The highest BCUT2D eigenvalue weighted by molar-refractivity contribution is 5.94. The van der Waals surface area contributed by atoms with Crippen molar-refractivity contribution in [2.24, 2.45) is 0 Å². The van der Waals surface area contributed by atoms with E-state index in [1.54, 1.807) is 25.3 Å². The molecule has 106 valence electrons. The van der Waals surface area contributed by atoms with Gasteiger partial charge in [0.2, 0.25) is 0 Å². The van der Waals surface area contributed by atoms with Gasteiger partial charge in [0, 0.05) is 18.5 Å². The maximum Gasteiger partial charge on any atom is 0.251 e. The van der Waals surface area contributed by atoms with Crippen LogP contribution in [0.25, 0.3) is 0 Å². The Bertz CT molecular complexity index is 570. The van der Waals surface area contributed by atoms with Crippen molar-refractivity contribution >= 4 is 5.91 Å². The van der Waals surface area contributed by atoms with Crippen molar-refractivity contribution in [3.8, 4) is 11.5 Å². The number of amides is 1. The zero-order chi connectivity index (χ0) is 14.4. The van der Waals surface area contributed by atoms with Gasteiger partial charge in [-0.1, -0.05) is 5.21 Å². The van der Waals surface area contributed by atoms with Crippen LogP contribution in [-0.4, -0.2) is 47.3 Å². The minimum absolute atomic E-state index is 0.200. The lowest BCUT2D eigenvalue weighted by Gasteiger charge is -2.09. The molecule has 2 N–H and O–H groups in total. The lowest BCUT2D eigenvalue weighted by molar-refractivity contribution is 0.0953. The van der Waals surface area contributed by atoms with Gasteiger partial charge in [-0.2, -0.15) is 5.21 Å². The summed E-state index contributed by atoms with van der Waals surface area (Å²) in [7, 11) is 3.07. The third kappa shape index (κ3) is 3.22. The van der Waals surface area contributed by atoms with Crippen LogP contribution in [0.2, 0.25) is 0 Å². The highest BCUT2D eigenvalue weighted by Crippen LogP contribution is 2.27. The molecule has 1 aromatic heterocycles. The topological polar surface area (TPSA) is 102 Å². The predicted molar refractivity (Wildman–Crippen MR) is 69.8 cm³/mol. The molecule has 0 saturated heterocycles. The molecule has 2 aromatic rings. The SMILES string of the molecule is COc1ccc(C(=O)NCCc2nn[nH]n2)cc1OC. The first-order chi connectivity index (χ1) is 9.74. The Morgan fingerprint density at radius 2 is 2.10 bits per heavy atom. The van der Waals surface area contributed by atoms with Crippen molar-refractivity contribution in [2.75, 3.05) is 20.8 Å². The molecule has 2 rings (SSSR count). The van der Waals surface area contributed by atoms with Crippen molar-refractivity contribution in [2.45, 2.75) is 6.42 Å². The van der Waals surface area contributed by atoms with E-state index < -0.39 is 0 Å². The van der Waals surface area contributed by atoms with Crippen molar-refractivity contribution in [3.63, 3.8) is 0 Å². The Labute approximate surface area is 115 Å². The van der Waals surface area contributed by atoms with Crippen molar-refractivity contribution < 1.29 is 14.3 Å². The van der Waals surface area contributed by atoms with E-state index in [-0.39, 0.29) is 5.91 Å². The van der Waals surface area contributed by atoms with Gasteiger partial charge in [-0.15, -0.1) is 10.2 Å². The number of hydrogen-bond donors (Lipinski definition) is 2. The van der Waals surface area contributed by atoms with Gasteiger partial charge in [-0.3, -0.25) is 4.79 Å². The summed E-state index contributed by atoms with van der Waals surface area (Å²) >= 11 is 0. The number of rotatable bonds is 6. The first-order valence-corrected chi connectivity index (χ1v) is 5.97.